The van der Waals surface area contributed by atoms with Gasteiger partial charge in [-0.05, 0) is 45.6 Å². The Balaban J connectivity index is 2.18. The first-order valence-electron chi connectivity index (χ1n) is 8.93. The fourth-order valence-corrected chi connectivity index (χ4v) is 3.44. The highest BCUT2D eigenvalue weighted by atomic mass is 19.1. The molecule has 0 spiro atoms. The minimum absolute atomic E-state index is 0.0111. The van der Waals surface area contributed by atoms with Crippen molar-refractivity contribution in [3.8, 4) is 0 Å². The zero-order chi connectivity index (χ0) is 20.6. The molecule has 2 aromatic rings. The lowest BCUT2D eigenvalue weighted by atomic mass is 9.94. The molecule has 3 rings (SSSR count). The third-order valence-corrected chi connectivity index (χ3v) is 4.88. The van der Waals surface area contributed by atoms with E-state index in [1.54, 1.807) is 13.8 Å². The molecule has 1 aliphatic heterocycles. The molecule has 0 saturated carbocycles. The Labute approximate surface area is 162 Å². The maximum atomic E-state index is 13.4. The molecule has 148 valence electrons. The van der Waals surface area contributed by atoms with Gasteiger partial charge in [-0.3, -0.25) is 14.7 Å². The largest absolute Gasteiger partial charge is 0.507 e. The molecule has 8 heteroatoms. The predicted molar refractivity (Wildman–Crippen MR) is 102 cm³/mol. The number of carbonyl (C=O) groups is 2. The number of H-pyrrole nitrogens is 1. The van der Waals surface area contributed by atoms with Gasteiger partial charge in [-0.25, -0.2) is 4.39 Å². The number of hydrogen-bond acceptors (Lipinski definition) is 5. The average Bonchev–Trinajstić information content (AvgIpc) is 3.10. The molecule has 28 heavy (non-hydrogen) atoms. The smallest absolute Gasteiger partial charge is 0.295 e. The normalized spacial score (nSPS) is 19.1. The van der Waals surface area contributed by atoms with Gasteiger partial charge < -0.3 is 14.9 Å². The van der Waals surface area contributed by atoms with E-state index in [1.807, 2.05) is 19.0 Å². The maximum absolute atomic E-state index is 13.4. The highest BCUT2D eigenvalue weighted by Gasteiger charge is 2.46. The summed E-state index contributed by atoms with van der Waals surface area (Å²) in [7, 11) is 3.73. The molecule has 0 bridgehead atoms. The van der Waals surface area contributed by atoms with Crippen LogP contribution in [0.2, 0.25) is 0 Å². The van der Waals surface area contributed by atoms with Crippen LogP contribution in [0.15, 0.2) is 29.8 Å². The molecular formula is C20H23FN4O3. The number of aliphatic hydroxyl groups excluding tert-OH is 1. The molecule has 2 N–H and O–H groups in total. The van der Waals surface area contributed by atoms with E-state index in [1.165, 1.54) is 29.2 Å². The molecule has 0 aliphatic carbocycles. The van der Waals surface area contributed by atoms with Crippen LogP contribution in [0.5, 0.6) is 0 Å². The molecule has 0 radical (unpaired) electrons. The number of aryl methyl sites for hydroxylation is 2. The summed E-state index contributed by atoms with van der Waals surface area (Å²) in [6, 6.07) is 4.80. The molecule has 1 saturated heterocycles. The minimum Gasteiger partial charge on any atom is -0.507 e. The number of likely N-dealkylation sites (N-methyl/N-ethyl adjacent to an activating group) is 1. The summed E-state index contributed by atoms with van der Waals surface area (Å²) in [5.41, 5.74) is 2.06. The van der Waals surface area contributed by atoms with Gasteiger partial charge in [0.1, 0.15) is 11.6 Å². The topological polar surface area (TPSA) is 89.5 Å². The number of nitrogens with zero attached hydrogens (tertiary/aromatic N) is 3. The summed E-state index contributed by atoms with van der Waals surface area (Å²) in [5.74, 6) is -2.14. The number of benzene rings is 1. The number of ketones is 1. The lowest BCUT2D eigenvalue weighted by molar-refractivity contribution is -0.140. The van der Waals surface area contributed by atoms with Crippen LogP contribution >= 0.6 is 0 Å². The molecule has 1 fully saturated rings. The number of likely N-dealkylation sites (tertiary alicyclic amines) is 1. The second-order valence-electron chi connectivity index (χ2n) is 7.16. The van der Waals surface area contributed by atoms with Crippen LogP contribution in [0.25, 0.3) is 5.76 Å². The molecule has 1 amide bonds. The van der Waals surface area contributed by atoms with Gasteiger partial charge in [-0.2, -0.15) is 5.10 Å². The van der Waals surface area contributed by atoms with Crippen LogP contribution in [0.1, 0.15) is 28.6 Å². The first-order chi connectivity index (χ1) is 13.2. The first-order valence-corrected chi connectivity index (χ1v) is 8.93. The Morgan fingerprint density at radius 1 is 1.25 bits per heavy atom. The van der Waals surface area contributed by atoms with E-state index < -0.39 is 23.5 Å². The molecule has 1 unspecified atom stereocenters. The lowest BCUT2D eigenvalue weighted by Gasteiger charge is -2.26. The van der Waals surface area contributed by atoms with Crippen LogP contribution in [-0.4, -0.2) is 64.0 Å². The zero-order valence-corrected chi connectivity index (χ0v) is 16.3. The average molecular weight is 386 g/mol. The number of halogens is 1. The minimum atomic E-state index is -0.797. The number of amides is 1. The first kappa shape index (κ1) is 19.8. The molecular weight excluding hydrogens is 363 g/mol. The second-order valence-corrected chi connectivity index (χ2v) is 7.16. The van der Waals surface area contributed by atoms with Gasteiger partial charge in [0, 0.05) is 18.8 Å². The number of aromatic amines is 1. The van der Waals surface area contributed by atoms with Crippen LogP contribution in [0.4, 0.5) is 4.39 Å². The van der Waals surface area contributed by atoms with Gasteiger partial charge in [-0.15, -0.1) is 0 Å². The van der Waals surface area contributed by atoms with E-state index >= 15 is 0 Å². The van der Waals surface area contributed by atoms with Gasteiger partial charge >= 0.3 is 0 Å². The Bertz CT molecular complexity index is 927. The number of hydrogen-bond donors (Lipinski definition) is 2. The fraction of sp³-hybridized carbons (Fsp3) is 0.350. The van der Waals surface area contributed by atoms with Gasteiger partial charge in [0.2, 0.25) is 0 Å². The Morgan fingerprint density at radius 2 is 1.89 bits per heavy atom. The Kier molecular flexibility index (Phi) is 5.33. The van der Waals surface area contributed by atoms with Crippen molar-refractivity contribution in [3.63, 3.8) is 0 Å². The van der Waals surface area contributed by atoms with Crippen molar-refractivity contribution in [2.24, 2.45) is 0 Å². The van der Waals surface area contributed by atoms with E-state index in [4.69, 9.17) is 0 Å². The van der Waals surface area contributed by atoms with E-state index in [0.29, 0.717) is 35.6 Å². The van der Waals surface area contributed by atoms with Crippen LogP contribution in [0.3, 0.4) is 0 Å². The van der Waals surface area contributed by atoms with E-state index in [9.17, 15) is 19.1 Å². The van der Waals surface area contributed by atoms with Gasteiger partial charge in [-0.1, -0.05) is 12.1 Å². The summed E-state index contributed by atoms with van der Waals surface area (Å²) in [5, 5.41) is 17.8. The standard InChI is InChI=1S/C20H23FN4O3/c1-11-15(12(2)23-22-11)18(26)16-17(13-5-7-14(21)8-6-13)25(10-9-24(3)4)20(28)19(16)27/h5-8,17,26H,9-10H2,1-4H3,(H,22,23). The number of nitrogens with one attached hydrogen (secondary N) is 1. The highest BCUT2D eigenvalue weighted by molar-refractivity contribution is 6.46. The fourth-order valence-electron chi connectivity index (χ4n) is 3.44. The number of aliphatic hydroxyl groups is 1. The van der Waals surface area contributed by atoms with Crippen LogP contribution in [0, 0.1) is 19.7 Å². The van der Waals surface area contributed by atoms with Crippen LogP contribution in [-0.2, 0) is 9.59 Å². The number of aromatic nitrogens is 2. The highest BCUT2D eigenvalue weighted by Crippen LogP contribution is 2.40. The molecule has 7 nitrogen and oxygen atoms in total. The quantitative estimate of drug-likeness (QED) is 0.467. The zero-order valence-electron chi connectivity index (χ0n) is 16.3. The number of carbonyl (C=O) groups excluding carboxylic acids is 2. The summed E-state index contributed by atoms with van der Waals surface area (Å²) in [6.07, 6.45) is 0. The van der Waals surface area contributed by atoms with Gasteiger partial charge in [0.15, 0.2) is 0 Å². The van der Waals surface area contributed by atoms with Crippen molar-refractivity contribution in [3.05, 3.63) is 58.2 Å². The summed E-state index contributed by atoms with van der Waals surface area (Å²) >= 11 is 0. The van der Waals surface area contributed by atoms with Crippen molar-refractivity contribution in [1.82, 2.24) is 20.0 Å². The van der Waals surface area contributed by atoms with Crippen molar-refractivity contribution >= 4 is 17.4 Å². The maximum Gasteiger partial charge on any atom is 0.295 e. The Hall–Kier alpha value is -3.00. The second kappa shape index (κ2) is 7.55. The monoisotopic (exact) mass is 386 g/mol. The number of Topliss-reactive ketones (excluding diaryl/α,β-unsaturated/α-hetero) is 1. The van der Waals surface area contributed by atoms with Crippen molar-refractivity contribution < 1.29 is 19.1 Å². The molecule has 2 heterocycles. The Morgan fingerprint density at radius 3 is 2.43 bits per heavy atom. The summed E-state index contributed by atoms with van der Waals surface area (Å²) in [4.78, 5) is 28.9. The summed E-state index contributed by atoms with van der Waals surface area (Å²) in [6.45, 7) is 4.26. The van der Waals surface area contributed by atoms with E-state index in [-0.39, 0.29) is 11.3 Å². The van der Waals surface area contributed by atoms with E-state index in [2.05, 4.69) is 10.2 Å². The molecule has 1 aromatic carbocycles. The third kappa shape index (κ3) is 3.43. The van der Waals surface area contributed by atoms with Gasteiger partial charge in [0.25, 0.3) is 11.7 Å². The van der Waals surface area contributed by atoms with Crippen molar-refractivity contribution in [2.45, 2.75) is 19.9 Å². The predicted octanol–water partition coefficient (Wildman–Crippen LogP) is 2.15. The SMILES string of the molecule is Cc1n[nH]c(C)c1C(O)=C1C(=O)C(=O)N(CCN(C)C)C1c1ccc(F)cc1. The molecule has 1 aromatic heterocycles. The van der Waals surface area contributed by atoms with Gasteiger partial charge in [0.05, 0.1) is 22.9 Å². The lowest BCUT2D eigenvalue weighted by Crippen LogP contribution is -2.35. The molecule has 1 aliphatic rings. The summed E-state index contributed by atoms with van der Waals surface area (Å²) < 4.78 is 13.4. The van der Waals surface area contributed by atoms with E-state index in [0.717, 1.165) is 0 Å². The van der Waals surface area contributed by atoms with Crippen LogP contribution < -0.4 is 0 Å². The van der Waals surface area contributed by atoms with Crippen molar-refractivity contribution in [1.29, 1.82) is 0 Å². The van der Waals surface area contributed by atoms with Crippen molar-refractivity contribution in [2.75, 3.05) is 27.2 Å². The number of rotatable bonds is 5. The molecule has 1 atom stereocenters. The third-order valence-electron chi connectivity index (χ3n) is 4.88.